The lowest BCUT2D eigenvalue weighted by atomic mass is 9.92. The number of hydrogen-bond donors (Lipinski definition) is 1. The minimum Gasteiger partial charge on any atom is -0.342 e. The molecule has 166 valence electrons. The van der Waals surface area contributed by atoms with Gasteiger partial charge in [-0.25, -0.2) is 4.98 Å². The summed E-state index contributed by atoms with van der Waals surface area (Å²) in [7, 11) is 0. The molecule has 2 aliphatic heterocycles. The van der Waals surface area contributed by atoms with E-state index in [9.17, 15) is 9.59 Å². The van der Waals surface area contributed by atoms with E-state index in [0.717, 1.165) is 55.5 Å². The number of rotatable bonds is 4. The van der Waals surface area contributed by atoms with Gasteiger partial charge in [0, 0.05) is 43.2 Å². The highest BCUT2D eigenvalue weighted by atomic mass is 32.1. The maximum absolute atomic E-state index is 12.9. The zero-order valence-corrected chi connectivity index (χ0v) is 19.5. The van der Waals surface area contributed by atoms with Crippen molar-refractivity contribution in [3.05, 3.63) is 40.4 Å². The molecule has 4 rings (SSSR count). The summed E-state index contributed by atoms with van der Waals surface area (Å²) in [4.78, 5) is 34.1. The molecule has 7 heteroatoms. The number of nitrogens with one attached hydrogen (secondary N) is 1. The summed E-state index contributed by atoms with van der Waals surface area (Å²) in [6, 6.07) is 6.19. The Balaban J connectivity index is 1.30. The number of aromatic nitrogens is 1. The number of likely N-dealkylation sites (tertiary alicyclic amines) is 2. The van der Waals surface area contributed by atoms with Crippen molar-refractivity contribution in [1.82, 2.24) is 14.8 Å². The molecule has 2 fully saturated rings. The first-order chi connectivity index (χ1) is 14.9. The number of carbonyl (C=O) groups is 2. The average Bonchev–Trinajstić information content (AvgIpc) is 3.24. The first-order valence-corrected chi connectivity index (χ1v) is 12.2. The van der Waals surface area contributed by atoms with Gasteiger partial charge in [0.05, 0.1) is 0 Å². The van der Waals surface area contributed by atoms with E-state index in [2.05, 4.69) is 43.2 Å². The van der Waals surface area contributed by atoms with Gasteiger partial charge in [0.25, 0.3) is 5.91 Å². The average molecular weight is 441 g/mol. The Kier molecular flexibility index (Phi) is 6.60. The van der Waals surface area contributed by atoms with Crippen molar-refractivity contribution >= 4 is 34.0 Å². The topological polar surface area (TPSA) is 65.5 Å². The molecule has 1 N–H and O–H groups in total. The van der Waals surface area contributed by atoms with Crippen molar-refractivity contribution in [2.24, 2.45) is 11.8 Å². The number of benzene rings is 1. The molecule has 0 aliphatic carbocycles. The molecule has 0 saturated carbocycles. The van der Waals surface area contributed by atoms with Crippen molar-refractivity contribution in [3.63, 3.8) is 0 Å². The van der Waals surface area contributed by atoms with Gasteiger partial charge in [0.15, 0.2) is 5.13 Å². The second-order valence-corrected chi connectivity index (χ2v) is 9.89. The summed E-state index contributed by atoms with van der Waals surface area (Å²) in [6.07, 6.45) is 3.69. The van der Waals surface area contributed by atoms with Crippen molar-refractivity contribution in [2.75, 3.05) is 31.5 Å². The fourth-order valence-electron chi connectivity index (χ4n) is 4.35. The van der Waals surface area contributed by atoms with Crippen LogP contribution in [0.2, 0.25) is 0 Å². The van der Waals surface area contributed by atoms with Crippen LogP contribution in [0.25, 0.3) is 0 Å². The highest BCUT2D eigenvalue weighted by Crippen LogP contribution is 2.26. The van der Waals surface area contributed by atoms with E-state index in [-0.39, 0.29) is 17.7 Å². The predicted molar refractivity (Wildman–Crippen MR) is 125 cm³/mol. The van der Waals surface area contributed by atoms with Gasteiger partial charge in [-0.3, -0.25) is 9.59 Å². The van der Waals surface area contributed by atoms with E-state index >= 15 is 0 Å². The number of anilines is 2. The molecule has 1 aromatic carbocycles. The molecule has 31 heavy (non-hydrogen) atoms. The molecular formula is C24H32N4O2S. The summed E-state index contributed by atoms with van der Waals surface area (Å²) >= 11 is 1.44. The van der Waals surface area contributed by atoms with E-state index in [4.69, 9.17) is 0 Å². The Labute approximate surface area is 188 Å². The second-order valence-electron chi connectivity index (χ2n) is 9.04. The third-order valence-electron chi connectivity index (χ3n) is 6.71. The summed E-state index contributed by atoms with van der Waals surface area (Å²) in [6.45, 7) is 9.43. The molecule has 0 spiro atoms. The quantitative estimate of drug-likeness (QED) is 0.754. The van der Waals surface area contributed by atoms with Gasteiger partial charge in [-0.2, -0.15) is 0 Å². The van der Waals surface area contributed by atoms with Gasteiger partial charge < -0.3 is 15.1 Å². The minimum absolute atomic E-state index is 0.0397. The fraction of sp³-hybridized carbons (Fsp3) is 0.542. The number of piperidine rings is 2. The largest absolute Gasteiger partial charge is 0.342 e. The molecule has 2 amide bonds. The number of nitrogens with zero attached hydrogens (tertiary/aromatic N) is 3. The highest BCUT2D eigenvalue weighted by Gasteiger charge is 2.32. The molecule has 2 aliphatic rings. The van der Waals surface area contributed by atoms with Gasteiger partial charge in [-0.1, -0.05) is 13.0 Å². The number of thiazole rings is 1. The molecule has 2 aromatic rings. The molecule has 2 saturated heterocycles. The Morgan fingerprint density at radius 2 is 1.68 bits per heavy atom. The van der Waals surface area contributed by atoms with Gasteiger partial charge in [-0.05, 0) is 68.7 Å². The second kappa shape index (κ2) is 9.39. The summed E-state index contributed by atoms with van der Waals surface area (Å²) < 4.78 is 0. The standard InChI is InChI=1S/C24H32N4O2S/c1-16-6-10-27(11-7-16)22(29)19-8-12-28(13-9-19)23(30)21-15-31-24(26-21)25-20-5-4-17(2)18(3)14-20/h4-5,14-16,19H,6-13H2,1-3H3,(H,25,26). The number of carbonyl (C=O) groups excluding carboxylic acids is 2. The lowest BCUT2D eigenvalue weighted by Gasteiger charge is -2.36. The Hall–Kier alpha value is -2.41. The summed E-state index contributed by atoms with van der Waals surface area (Å²) in [5.41, 5.74) is 3.92. The Morgan fingerprint density at radius 3 is 2.35 bits per heavy atom. The molecule has 0 unspecified atom stereocenters. The van der Waals surface area contributed by atoms with Crippen LogP contribution in [-0.4, -0.2) is 52.8 Å². The smallest absolute Gasteiger partial charge is 0.273 e. The molecule has 3 heterocycles. The zero-order chi connectivity index (χ0) is 22.0. The van der Waals surface area contributed by atoms with Gasteiger partial charge in [0.1, 0.15) is 5.69 Å². The van der Waals surface area contributed by atoms with Crippen molar-refractivity contribution in [2.45, 2.75) is 46.5 Å². The van der Waals surface area contributed by atoms with Crippen LogP contribution in [0.15, 0.2) is 23.6 Å². The zero-order valence-electron chi connectivity index (χ0n) is 18.7. The minimum atomic E-state index is -0.0397. The van der Waals surface area contributed by atoms with Crippen LogP contribution in [0, 0.1) is 25.7 Å². The van der Waals surface area contributed by atoms with Crippen LogP contribution >= 0.6 is 11.3 Å². The first-order valence-electron chi connectivity index (χ1n) is 11.3. The lowest BCUT2D eigenvalue weighted by molar-refractivity contribution is -0.138. The van der Waals surface area contributed by atoms with Gasteiger partial charge >= 0.3 is 0 Å². The Bertz CT molecular complexity index is 941. The predicted octanol–water partition coefficient (Wildman–Crippen LogP) is 4.61. The van der Waals surface area contributed by atoms with Crippen LogP contribution in [0.5, 0.6) is 0 Å². The molecule has 0 radical (unpaired) electrons. The van der Waals surface area contributed by atoms with E-state index in [1.54, 1.807) is 0 Å². The number of aryl methyl sites for hydroxylation is 2. The molecular weight excluding hydrogens is 408 g/mol. The Morgan fingerprint density at radius 1 is 1.00 bits per heavy atom. The number of hydrogen-bond acceptors (Lipinski definition) is 5. The molecule has 0 atom stereocenters. The van der Waals surface area contributed by atoms with Gasteiger partial charge in [-0.15, -0.1) is 11.3 Å². The highest BCUT2D eigenvalue weighted by molar-refractivity contribution is 7.14. The third kappa shape index (κ3) is 5.09. The van der Waals surface area contributed by atoms with E-state index < -0.39 is 0 Å². The van der Waals surface area contributed by atoms with Crippen LogP contribution in [0.1, 0.15) is 54.2 Å². The number of amides is 2. The maximum atomic E-state index is 12.9. The SMILES string of the molecule is Cc1ccc(Nc2nc(C(=O)N3CCC(C(=O)N4CCC(C)CC4)CC3)cs2)cc1C. The van der Waals surface area contributed by atoms with Crippen molar-refractivity contribution < 1.29 is 9.59 Å². The summed E-state index contributed by atoms with van der Waals surface area (Å²) in [5.74, 6) is 1.01. The monoisotopic (exact) mass is 440 g/mol. The van der Waals surface area contributed by atoms with Crippen LogP contribution in [-0.2, 0) is 4.79 Å². The van der Waals surface area contributed by atoms with Crippen LogP contribution in [0.3, 0.4) is 0 Å². The molecule has 1 aromatic heterocycles. The van der Waals surface area contributed by atoms with Crippen LogP contribution < -0.4 is 5.32 Å². The lowest BCUT2D eigenvalue weighted by Crippen LogP contribution is -2.46. The first kappa shape index (κ1) is 21.8. The van der Waals surface area contributed by atoms with E-state index in [1.165, 1.54) is 22.5 Å². The van der Waals surface area contributed by atoms with E-state index in [1.807, 2.05) is 21.2 Å². The third-order valence-corrected chi connectivity index (χ3v) is 7.47. The van der Waals surface area contributed by atoms with Crippen LogP contribution in [0.4, 0.5) is 10.8 Å². The van der Waals surface area contributed by atoms with Crippen molar-refractivity contribution in [3.8, 4) is 0 Å². The summed E-state index contributed by atoms with van der Waals surface area (Å²) in [5, 5.41) is 5.83. The van der Waals surface area contributed by atoms with E-state index in [0.29, 0.717) is 18.8 Å². The van der Waals surface area contributed by atoms with Gasteiger partial charge in [0.2, 0.25) is 5.91 Å². The molecule has 6 nitrogen and oxygen atoms in total. The maximum Gasteiger partial charge on any atom is 0.273 e. The normalized spacial score (nSPS) is 18.3. The van der Waals surface area contributed by atoms with Crippen molar-refractivity contribution in [1.29, 1.82) is 0 Å². The fourth-order valence-corrected chi connectivity index (χ4v) is 5.06. The molecule has 0 bridgehead atoms.